The fourth-order valence-corrected chi connectivity index (χ4v) is 2.44. The summed E-state index contributed by atoms with van der Waals surface area (Å²) in [7, 11) is 1.63. The van der Waals surface area contributed by atoms with Gasteiger partial charge in [0.15, 0.2) is 0 Å². The summed E-state index contributed by atoms with van der Waals surface area (Å²) in [5, 5.41) is 6.25. The first kappa shape index (κ1) is 14.8. The highest BCUT2D eigenvalue weighted by atomic mass is 16.5. The van der Waals surface area contributed by atoms with Gasteiger partial charge in [0.25, 0.3) is 0 Å². The number of methoxy groups -OCH3 is 1. The predicted molar refractivity (Wildman–Crippen MR) is 76.6 cm³/mol. The average Bonchev–Trinajstić information content (AvgIpc) is 2.94. The lowest BCUT2D eigenvalue weighted by molar-refractivity contribution is -0.125. The highest BCUT2D eigenvalue weighted by Crippen LogP contribution is 2.18. The fraction of sp³-hybridized carbons (Fsp3) is 0.533. The number of benzene rings is 1. The molecule has 0 aliphatic carbocycles. The molecule has 2 atom stereocenters. The summed E-state index contributed by atoms with van der Waals surface area (Å²) in [5.74, 6) is 0.697. The second kappa shape index (κ2) is 7.26. The Morgan fingerprint density at radius 2 is 2.20 bits per heavy atom. The summed E-state index contributed by atoms with van der Waals surface area (Å²) in [6, 6.07) is 7.80. The van der Waals surface area contributed by atoms with Crippen molar-refractivity contribution in [3.8, 4) is 5.75 Å². The maximum atomic E-state index is 12.2. The molecule has 0 aromatic heterocycles. The van der Waals surface area contributed by atoms with Crippen molar-refractivity contribution < 1.29 is 14.3 Å². The van der Waals surface area contributed by atoms with Crippen LogP contribution in [0.1, 0.15) is 12.5 Å². The van der Waals surface area contributed by atoms with Crippen LogP contribution in [0.5, 0.6) is 5.75 Å². The molecule has 1 amide bonds. The molecule has 2 rings (SSSR count). The van der Waals surface area contributed by atoms with Crippen LogP contribution < -0.4 is 15.4 Å². The summed E-state index contributed by atoms with van der Waals surface area (Å²) in [6.07, 6.45) is 0. The summed E-state index contributed by atoms with van der Waals surface area (Å²) in [5.41, 5.74) is 0.974. The summed E-state index contributed by atoms with van der Waals surface area (Å²) < 4.78 is 10.7. The highest BCUT2D eigenvalue weighted by molar-refractivity contribution is 5.79. The third-order valence-corrected chi connectivity index (χ3v) is 3.53. The molecule has 1 aliphatic rings. The fourth-order valence-electron chi connectivity index (χ4n) is 2.44. The number of rotatable bonds is 6. The smallest absolute Gasteiger partial charge is 0.227 e. The summed E-state index contributed by atoms with van der Waals surface area (Å²) >= 11 is 0. The molecule has 1 aromatic carbocycles. The van der Waals surface area contributed by atoms with Crippen LogP contribution in [0, 0.1) is 5.92 Å². The van der Waals surface area contributed by atoms with E-state index in [1.165, 1.54) is 0 Å². The van der Waals surface area contributed by atoms with Crippen LogP contribution in [-0.4, -0.2) is 38.8 Å². The molecule has 20 heavy (non-hydrogen) atoms. The highest BCUT2D eigenvalue weighted by Gasteiger charge is 2.33. The molecule has 1 saturated heterocycles. The Kier molecular flexibility index (Phi) is 5.38. The molecule has 110 valence electrons. The molecule has 0 saturated carbocycles. The Morgan fingerprint density at radius 1 is 1.40 bits per heavy atom. The van der Waals surface area contributed by atoms with Gasteiger partial charge >= 0.3 is 0 Å². The number of amides is 1. The van der Waals surface area contributed by atoms with E-state index in [2.05, 4.69) is 10.6 Å². The Bertz CT molecular complexity index is 450. The summed E-state index contributed by atoms with van der Waals surface area (Å²) in [4.78, 5) is 12.2. The van der Waals surface area contributed by atoms with E-state index in [0.29, 0.717) is 19.8 Å². The zero-order valence-electron chi connectivity index (χ0n) is 12.0. The molecule has 2 N–H and O–H groups in total. The first-order valence-corrected chi connectivity index (χ1v) is 6.97. The molecular weight excluding hydrogens is 256 g/mol. The lowest BCUT2D eigenvalue weighted by Crippen LogP contribution is -2.43. The largest absolute Gasteiger partial charge is 0.496 e. The molecule has 2 unspecified atom stereocenters. The van der Waals surface area contributed by atoms with Crippen molar-refractivity contribution in [1.29, 1.82) is 0 Å². The van der Waals surface area contributed by atoms with Crippen molar-refractivity contribution in [3.05, 3.63) is 29.8 Å². The monoisotopic (exact) mass is 278 g/mol. The molecule has 1 aromatic rings. The zero-order valence-corrected chi connectivity index (χ0v) is 12.0. The van der Waals surface area contributed by atoms with E-state index in [1.54, 1.807) is 7.11 Å². The van der Waals surface area contributed by atoms with Crippen LogP contribution in [0.4, 0.5) is 0 Å². The van der Waals surface area contributed by atoms with Crippen molar-refractivity contribution in [1.82, 2.24) is 10.6 Å². The Balaban J connectivity index is 1.91. The first-order valence-electron chi connectivity index (χ1n) is 6.97. The second-order valence-corrected chi connectivity index (χ2v) is 4.84. The van der Waals surface area contributed by atoms with Crippen molar-refractivity contribution in [2.75, 3.05) is 26.9 Å². The van der Waals surface area contributed by atoms with Crippen molar-refractivity contribution in [3.63, 3.8) is 0 Å². The zero-order chi connectivity index (χ0) is 14.4. The van der Waals surface area contributed by atoms with Crippen LogP contribution in [-0.2, 0) is 16.1 Å². The van der Waals surface area contributed by atoms with Gasteiger partial charge in [-0.2, -0.15) is 0 Å². The standard InChI is InChI=1S/C15H22N2O3/c1-3-16-13-10-20-9-12(13)15(18)17-8-11-6-4-5-7-14(11)19-2/h4-7,12-13,16H,3,8-10H2,1-2H3,(H,17,18). The van der Waals surface area contributed by atoms with Gasteiger partial charge in [-0.05, 0) is 12.6 Å². The van der Waals surface area contributed by atoms with Crippen LogP contribution in [0.3, 0.4) is 0 Å². The number of para-hydroxylation sites is 1. The minimum absolute atomic E-state index is 0.0272. The van der Waals surface area contributed by atoms with Crippen LogP contribution in [0.25, 0.3) is 0 Å². The molecule has 1 heterocycles. The molecule has 5 heteroatoms. The van der Waals surface area contributed by atoms with Crippen molar-refractivity contribution in [2.24, 2.45) is 5.92 Å². The number of hydrogen-bond donors (Lipinski definition) is 2. The lowest BCUT2D eigenvalue weighted by Gasteiger charge is -2.18. The molecule has 0 bridgehead atoms. The van der Waals surface area contributed by atoms with Crippen molar-refractivity contribution in [2.45, 2.75) is 19.5 Å². The number of hydrogen-bond acceptors (Lipinski definition) is 4. The molecular formula is C15H22N2O3. The van der Waals surface area contributed by atoms with Crippen LogP contribution in [0.15, 0.2) is 24.3 Å². The Labute approximate surface area is 119 Å². The maximum Gasteiger partial charge on any atom is 0.227 e. The number of likely N-dealkylation sites (N-methyl/N-ethyl adjacent to an activating group) is 1. The summed E-state index contributed by atoms with van der Waals surface area (Å²) in [6.45, 7) is 4.42. The number of carbonyl (C=O) groups excluding carboxylic acids is 1. The maximum absolute atomic E-state index is 12.2. The SMILES string of the molecule is CCNC1COCC1C(=O)NCc1ccccc1OC. The van der Waals surface area contributed by atoms with E-state index in [1.807, 2.05) is 31.2 Å². The molecule has 1 fully saturated rings. The number of nitrogens with one attached hydrogen (secondary N) is 2. The third-order valence-electron chi connectivity index (χ3n) is 3.53. The van der Waals surface area contributed by atoms with Gasteiger partial charge in [0, 0.05) is 18.2 Å². The topological polar surface area (TPSA) is 59.6 Å². The minimum Gasteiger partial charge on any atom is -0.496 e. The van der Waals surface area contributed by atoms with Gasteiger partial charge in [-0.3, -0.25) is 4.79 Å². The quantitative estimate of drug-likeness (QED) is 0.813. The van der Waals surface area contributed by atoms with E-state index < -0.39 is 0 Å². The van der Waals surface area contributed by atoms with Crippen LogP contribution >= 0.6 is 0 Å². The average molecular weight is 278 g/mol. The normalized spacial score (nSPS) is 21.7. The molecule has 5 nitrogen and oxygen atoms in total. The van der Waals surface area contributed by atoms with Gasteiger partial charge < -0.3 is 20.1 Å². The number of carbonyl (C=O) groups is 1. The lowest BCUT2D eigenvalue weighted by atomic mass is 10.0. The van der Waals surface area contributed by atoms with Crippen LogP contribution in [0.2, 0.25) is 0 Å². The van der Waals surface area contributed by atoms with E-state index in [0.717, 1.165) is 17.9 Å². The Hall–Kier alpha value is -1.59. The van der Waals surface area contributed by atoms with Gasteiger partial charge in [0.2, 0.25) is 5.91 Å². The van der Waals surface area contributed by atoms with Gasteiger partial charge in [-0.1, -0.05) is 25.1 Å². The van der Waals surface area contributed by atoms with Gasteiger partial charge in [-0.15, -0.1) is 0 Å². The first-order chi connectivity index (χ1) is 9.76. The third kappa shape index (κ3) is 3.49. The van der Waals surface area contributed by atoms with E-state index in [4.69, 9.17) is 9.47 Å². The molecule has 1 aliphatic heterocycles. The van der Waals surface area contributed by atoms with Crippen molar-refractivity contribution >= 4 is 5.91 Å². The molecule has 0 spiro atoms. The van der Waals surface area contributed by atoms with Gasteiger partial charge in [0.05, 0.1) is 26.2 Å². The van der Waals surface area contributed by atoms with E-state index in [9.17, 15) is 4.79 Å². The van der Waals surface area contributed by atoms with Gasteiger partial charge in [-0.25, -0.2) is 0 Å². The minimum atomic E-state index is -0.121. The predicted octanol–water partition coefficient (Wildman–Crippen LogP) is 0.936. The second-order valence-electron chi connectivity index (χ2n) is 4.84. The van der Waals surface area contributed by atoms with E-state index in [-0.39, 0.29) is 17.9 Å². The Morgan fingerprint density at radius 3 is 2.95 bits per heavy atom. The molecule has 0 radical (unpaired) electrons. The van der Waals surface area contributed by atoms with E-state index >= 15 is 0 Å². The number of ether oxygens (including phenoxy) is 2. The van der Waals surface area contributed by atoms with Gasteiger partial charge in [0.1, 0.15) is 5.75 Å².